The minimum absolute atomic E-state index is 0.976. The summed E-state index contributed by atoms with van der Waals surface area (Å²) in [4.78, 5) is 0. The van der Waals surface area contributed by atoms with Crippen molar-refractivity contribution < 1.29 is 0 Å². The molecule has 0 bridgehead atoms. The van der Waals surface area contributed by atoms with E-state index in [1.165, 1.54) is 0 Å². The fourth-order valence-electron chi connectivity index (χ4n) is 0.344. The van der Waals surface area contributed by atoms with Crippen LogP contribution in [0.2, 0.25) is 0 Å². The van der Waals surface area contributed by atoms with E-state index in [4.69, 9.17) is 0 Å². The van der Waals surface area contributed by atoms with Gasteiger partial charge in [0.15, 0.2) is 0 Å². The van der Waals surface area contributed by atoms with Gasteiger partial charge in [0.05, 0.1) is 0 Å². The molecule has 0 aromatic carbocycles. The molecule has 0 aromatic rings. The summed E-state index contributed by atoms with van der Waals surface area (Å²) in [6.07, 6.45) is 1.14. The topological polar surface area (TPSA) is 24.1 Å². The molecule has 0 saturated carbocycles. The third kappa shape index (κ3) is 6.27. The number of rotatable bonds is 4. The Balaban J connectivity index is 2.45. The predicted molar refractivity (Wildman–Crippen MR) is 35.5 cm³/mol. The van der Waals surface area contributed by atoms with E-state index in [1.54, 1.807) is 0 Å². The normalized spacial score (nSPS) is 9.43. The predicted octanol–water partition coefficient (Wildman–Crippen LogP) is 0.0303. The zero-order valence-electron chi connectivity index (χ0n) is 4.57. The van der Waals surface area contributed by atoms with Crippen LogP contribution >= 0.6 is 12.8 Å². The van der Waals surface area contributed by atoms with E-state index in [1.807, 2.05) is 7.05 Å². The molecule has 0 fully saturated rings. The molecule has 2 nitrogen and oxygen atoms in total. The van der Waals surface area contributed by atoms with Gasteiger partial charge >= 0.3 is 0 Å². The van der Waals surface area contributed by atoms with Gasteiger partial charge in [0.1, 0.15) is 0 Å². The molecule has 0 saturated heterocycles. The molecule has 44 valence electrons. The fourth-order valence-corrected chi connectivity index (χ4v) is 0.502. The highest BCUT2D eigenvalue weighted by Crippen LogP contribution is 1.70. The molecule has 0 radical (unpaired) electrons. The molecule has 0 unspecified atom stereocenters. The molecule has 2 N–H and O–H groups in total. The second-order valence-corrected chi connectivity index (χ2v) is 1.68. The molecule has 0 aromatic heterocycles. The lowest BCUT2D eigenvalue weighted by molar-refractivity contribution is 0.718. The lowest BCUT2D eigenvalue weighted by atomic mass is 10.4. The summed E-state index contributed by atoms with van der Waals surface area (Å²) in [7, 11) is 1.94. The van der Waals surface area contributed by atoms with Gasteiger partial charge in [-0.15, -0.1) is 0 Å². The minimum Gasteiger partial charge on any atom is -0.320 e. The van der Waals surface area contributed by atoms with Crippen LogP contribution in [-0.4, -0.2) is 20.1 Å². The average Bonchev–Trinajstić information content (AvgIpc) is 1.69. The van der Waals surface area contributed by atoms with Crippen LogP contribution in [0.15, 0.2) is 0 Å². The van der Waals surface area contributed by atoms with E-state index < -0.39 is 0 Å². The number of hydrogen-bond donors (Lipinski definition) is 3. The van der Waals surface area contributed by atoms with Crippen molar-refractivity contribution >= 4 is 12.8 Å². The van der Waals surface area contributed by atoms with Crippen molar-refractivity contribution in [3.05, 3.63) is 0 Å². The van der Waals surface area contributed by atoms with Crippen LogP contribution in [0.25, 0.3) is 0 Å². The van der Waals surface area contributed by atoms with E-state index in [0.29, 0.717) is 0 Å². The first-order valence-corrected chi connectivity index (χ1v) is 2.88. The average molecular weight is 120 g/mol. The van der Waals surface area contributed by atoms with Crippen molar-refractivity contribution in [2.24, 2.45) is 0 Å². The summed E-state index contributed by atoms with van der Waals surface area (Å²) in [5.41, 5.74) is 0. The Morgan fingerprint density at radius 3 is 2.57 bits per heavy atom. The van der Waals surface area contributed by atoms with Gasteiger partial charge in [-0.25, -0.2) is 0 Å². The third-order valence-electron chi connectivity index (χ3n) is 0.715. The monoisotopic (exact) mass is 120 g/mol. The maximum Gasteiger partial charge on any atom is 0.00682 e. The van der Waals surface area contributed by atoms with E-state index in [0.717, 1.165) is 19.5 Å². The quantitative estimate of drug-likeness (QED) is 0.360. The van der Waals surface area contributed by atoms with Gasteiger partial charge in [-0.1, -0.05) is 12.8 Å². The molecule has 0 aliphatic rings. The Morgan fingerprint density at radius 1 is 1.43 bits per heavy atom. The molecule has 7 heavy (non-hydrogen) atoms. The van der Waals surface area contributed by atoms with E-state index in [2.05, 4.69) is 22.9 Å². The number of nitrogens with one attached hydrogen (secondary N) is 2. The molecular weight excluding hydrogens is 108 g/mol. The van der Waals surface area contributed by atoms with Crippen LogP contribution in [0.3, 0.4) is 0 Å². The van der Waals surface area contributed by atoms with Crippen LogP contribution < -0.4 is 10.0 Å². The van der Waals surface area contributed by atoms with Gasteiger partial charge in [0, 0.05) is 6.54 Å². The standard InChI is InChI=1S/C4H12N2S/c1-5-3-2-4-6-7/h5-7H,2-4H2,1H3. The van der Waals surface area contributed by atoms with Gasteiger partial charge in [-0.3, -0.25) is 4.72 Å². The van der Waals surface area contributed by atoms with Gasteiger partial charge in [0.2, 0.25) is 0 Å². The Morgan fingerprint density at radius 2 is 2.14 bits per heavy atom. The van der Waals surface area contributed by atoms with Gasteiger partial charge < -0.3 is 5.32 Å². The summed E-state index contributed by atoms with van der Waals surface area (Å²) in [5.74, 6) is 0. The highest BCUT2D eigenvalue weighted by atomic mass is 32.1. The van der Waals surface area contributed by atoms with Gasteiger partial charge in [-0.2, -0.15) is 0 Å². The SMILES string of the molecule is CNCCCNS. The molecule has 0 spiro atoms. The third-order valence-corrected chi connectivity index (χ3v) is 0.939. The first-order chi connectivity index (χ1) is 3.41. The molecule has 0 aliphatic heterocycles. The number of hydrogen-bond acceptors (Lipinski definition) is 3. The lowest BCUT2D eigenvalue weighted by Crippen LogP contribution is -2.12. The largest absolute Gasteiger partial charge is 0.320 e. The Kier molecular flexibility index (Phi) is 6.51. The summed E-state index contributed by atoms with van der Waals surface area (Å²) in [5, 5.41) is 3.03. The van der Waals surface area contributed by atoms with Crippen molar-refractivity contribution in [2.75, 3.05) is 20.1 Å². The lowest BCUT2D eigenvalue weighted by Gasteiger charge is -1.94. The molecule has 0 heterocycles. The second kappa shape index (κ2) is 6.27. The van der Waals surface area contributed by atoms with Crippen molar-refractivity contribution in [1.82, 2.24) is 10.0 Å². The smallest absolute Gasteiger partial charge is 0.00682 e. The van der Waals surface area contributed by atoms with Crippen LogP contribution in [0.5, 0.6) is 0 Å². The van der Waals surface area contributed by atoms with Gasteiger partial charge in [-0.05, 0) is 20.0 Å². The minimum atomic E-state index is 0.976. The van der Waals surface area contributed by atoms with Crippen molar-refractivity contribution in [2.45, 2.75) is 6.42 Å². The molecule has 0 rings (SSSR count). The molecule has 3 heteroatoms. The fraction of sp³-hybridized carbons (Fsp3) is 1.00. The van der Waals surface area contributed by atoms with Crippen LogP contribution in [0.1, 0.15) is 6.42 Å². The van der Waals surface area contributed by atoms with Crippen molar-refractivity contribution in [1.29, 1.82) is 0 Å². The highest BCUT2D eigenvalue weighted by molar-refractivity contribution is 7.78. The molecule has 0 atom stereocenters. The highest BCUT2D eigenvalue weighted by Gasteiger charge is 1.78. The second-order valence-electron chi connectivity index (χ2n) is 1.37. The summed E-state index contributed by atoms with van der Waals surface area (Å²) < 4.78 is 2.76. The first-order valence-electron chi connectivity index (χ1n) is 2.43. The maximum absolute atomic E-state index is 3.82. The zero-order chi connectivity index (χ0) is 5.54. The first kappa shape index (κ1) is 7.27. The Labute approximate surface area is 50.2 Å². The zero-order valence-corrected chi connectivity index (χ0v) is 5.46. The van der Waals surface area contributed by atoms with Crippen LogP contribution in [0.4, 0.5) is 0 Å². The van der Waals surface area contributed by atoms with E-state index in [-0.39, 0.29) is 0 Å². The summed E-state index contributed by atoms with van der Waals surface area (Å²) in [6.45, 7) is 2.04. The Bertz CT molecular complexity index is 28.9. The van der Waals surface area contributed by atoms with Crippen molar-refractivity contribution in [3.8, 4) is 0 Å². The van der Waals surface area contributed by atoms with Crippen molar-refractivity contribution in [3.63, 3.8) is 0 Å². The summed E-state index contributed by atoms with van der Waals surface area (Å²) >= 11 is 3.82. The molecule has 0 aliphatic carbocycles. The maximum atomic E-state index is 3.82. The molecule has 0 amide bonds. The summed E-state index contributed by atoms with van der Waals surface area (Å²) in [6, 6.07) is 0. The van der Waals surface area contributed by atoms with Gasteiger partial charge in [0.25, 0.3) is 0 Å². The number of thiol groups is 1. The van der Waals surface area contributed by atoms with Crippen LogP contribution in [-0.2, 0) is 0 Å². The molecular formula is C4H12N2S. The van der Waals surface area contributed by atoms with E-state index >= 15 is 0 Å². The van der Waals surface area contributed by atoms with E-state index in [9.17, 15) is 0 Å². The van der Waals surface area contributed by atoms with Crippen LogP contribution in [0, 0.1) is 0 Å². The Hall–Kier alpha value is 0.270.